The maximum atomic E-state index is 13.1. The molecule has 5 rings (SSSR count). The van der Waals surface area contributed by atoms with Gasteiger partial charge < -0.3 is 9.88 Å². The maximum absolute atomic E-state index is 13.1. The number of benzene rings is 3. The van der Waals surface area contributed by atoms with Gasteiger partial charge >= 0.3 is 0 Å². The van der Waals surface area contributed by atoms with E-state index in [0.717, 1.165) is 33.4 Å². The molecule has 0 radical (unpaired) electrons. The number of H-pyrrole nitrogens is 1. The molecule has 4 aromatic rings. The van der Waals surface area contributed by atoms with E-state index in [1.54, 1.807) is 41.3 Å². The molecule has 0 aliphatic carbocycles. The van der Waals surface area contributed by atoms with Crippen LogP contribution < -0.4 is 9.62 Å². The van der Waals surface area contributed by atoms with Crippen molar-refractivity contribution in [2.45, 2.75) is 31.2 Å². The van der Waals surface area contributed by atoms with Crippen LogP contribution in [0.2, 0.25) is 5.02 Å². The third kappa shape index (κ3) is 3.98. The predicted octanol–water partition coefficient (Wildman–Crippen LogP) is 5.59. The topological polar surface area (TPSA) is 82.3 Å². The van der Waals surface area contributed by atoms with Gasteiger partial charge in [-0.25, -0.2) is 8.42 Å². The molecule has 0 bridgehead atoms. The van der Waals surface area contributed by atoms with E-state index in [4.69, 9.17) is 11.6 Å². The van der Waals surface area contributed by atoms with Gasteiger partial charge in [-0.3, -0.25) is 9.52 Å². The lowest BCUT2D eigenvalue weighted by Crippen LogP contribution is -2.33. The van der Waals surface area contributed by atoms with Crippen LogP contribution in [0.4, 0.5) is 11.4 Å². The molecule has 1 aliphatic rings. The number of hydrogen-bond donors (Lipinski definition) is 2. The number of amides is 1. The number of carbonyl (C=O) groups excluding carboxylic acids is 1. The lowest BCUT2D eigenvalue weighted by molar-refractivity contribution is -0.116. The largest absolute Gasteiger partial charge is 0.355 e. The second kappa shape index (κ2) is 7.93. The summed E-state index contributed by atoms with van der Waals surface area (Å²) in [6, 6.07) is 19.7. The third-order valence-electron chi connectivity index (χ3n) is 5.92. The van der Waals surface area contributed by atoms with Crippen molar-refractivity contribution >= 4 is 49.8 Å². The molecular formula is C25H22ClN3O3S. The summed E-state index contributed by atoms with van der Waals surface area (Å²) >= 11 is 6.09. The Kier molecular flexibility index (Phi) is 5.18. The smallest absolute Gasteiger partial charge is 0.261 e. The molecule has 0 saturated heterocycles. The summed E-state index contributed by atoms with van der Waals surface area (Å²) in [5, 5.41) is 1.64. The monoisotopic (exact) mass is 479 g/mol. The van der Waals surface area contributed by atoms with Gasteiger partial charge in [0, 0.05) is 51.5 Å². The first kappa shape index (κ1) is 21.6. The molecule has 1 amide bonds. The van der Waals surface area contributed by atoms with Crippen molar-refractivity contribution in [2.24, 2.45) is 0 Å². The molecule has 1 unspecified atom stereocenters. The van der Waals surface area contributed by atoms with E-state index in [1.807, 2.05) is 37.3 Å². The third-order valence-corrected chi connectivity index (χ3v) is 7.54. The van der Waals surface area contributed by atoms with Gasteiger partial charge in [0.2, 0.25) is 5.91 Å². The number of carbonyl (C=O) groups is 1. The molecule has 0 spiro atoms. The fourth-order valence-corrected chi connectivity index (χ4v) is 5.76. The Hall–Kier alpha value is -3.29. The zero-order valence-electron chi connectivity index (χ0n) is 18.1. The number of nitrogens with zero attached hydrogens (tertiary/aromatic N) is 1. The van der Waals surface area contributed by atoms with E-state index in [-0.39, 0.29) is 16.8 Å². The number of rotatable bonds is 4. The first-order chi connectivity index (χ1) is 15.7. The van der Waals surface area contributed by atoms with Crippen LogP contribution in [-0.4, -0.2) is 25.4 Å². The van der Waals surface area contributed by atoms with Crippen LogP contribution in [0.1, 0.15) is 19.4 Å². The summed E-state index contributed by atoms with van der Waals surface area (Å²) in [5.74, 6) is -0.0500. The van der Waals surface area contributed by atoms with Crippen LogP contribution in [0.3, 0.4) is 0 Å². The van der Waals surface area contributed by atoms with Gasteiger partial charge in [-0.05, 0) is 73.5 Å². The van der Waals surface area contributed by atoms with Gasteiger partial charge in [0.05, 0.1) is 4.90 Å². The van der Waals surface area contributed by atoms with Crippen LogP contribution in [-0.2, 0) is 21.2 Å². The van der Waals surface area contributed by atoms with Gasteiger partial charge in [-0.2, -0.15) is 0 Å². The lowest BCUT2D eigenvalue weighted by Gasteiger charge is -2.20. The normalized spacial score (nSPS) is 15.6. The number of sulfonamides is 1. The predicted molar refractivity (Wildman–Crippen MR) is 132 cm³/mol. The van der Waals surface area contributed by atoms with E-state index < -0.39 is 10.0 Å². The van der Waals surface area contributed by atoms with Crippen molar-refractivity contribution in [1.82, 2.24) is 4.98 Å². The number of halogens is 1. The minimum atomic E-state index is -3.80. The fraction of sp³-hybridized carbons (Fsp3) is 0.160. The second-order valence-electron chi connectivity index (χ2n) is 8.33. The quantitative estimate of drug-likeness (QED) is 0.400. The molecule has 0 fully saturated rings. The van der Waals surface area contributed by atoms with Crippen molar-refractivity contribution in [3.63, 3.8) is 0 Å². The molecule has 2 N–H and O–H groups in total. The number of aromatic nitrogens is 1. The Labute approximate surface area is 197 Å². The average Bonchev–Trinajstić information content (AvgIpc) is 3.32. The molecule has 168 valence electrons. The number of fused-ring (bicyclic) bond motifs is 2. The van der Waals surface area contributed by atoms with Crippen LogP contribution in [0.5, 0.6) is 0 Å². The highest BCUT2D eigenvalue weighted by molar-refractivity contribution is 7.92. The molecule has 8 heteroatoms. The summed E-state index contributed by atoms with van der Waals surface area (Å²) in [7, 11) is -3.80. The molecule has 6 nitrogen and oxygen atoms in total. The zero-order chi connectivity index (χ0) is 23.3. The van der Waals surface area contributed by atoms with Crippen molar-refractivity contribution in [1.29, 1.82) is 0 Å². The van der Waals surface area contributed by atoms with Crippen LogP contribution in [0.25, 0.3) is 22.2 Å². The summed E-state index contributed by atoms with van der Waals surface area (Å²) in [5.41, 5.74) is 4.75. The molecule has 1 atom stereocenters. The lowest BCUT2D eigenvalue weighted by atomic mass is 10.1. The number of hydrogen-bond acceptors (Lipinski definition) is 3. The zero-order valence-corrected chi connectivity index (χ0v) is 19.7. The Morgan fingerprint density at radius 2 is 1.91 bits per heavy atom. The first-order valence-corrected chi connectivity index (χ1v) is 12.4. The maximum Gasteiger partial charge on any atom is 0.261 e. The highest BCUT2D eigenvalue weighted by Gasteiger charge is 2.30. The van der Waals surface area contributed by atoms with Gasteiger partial charge in [0.15, 0.2) is 0 Å². The van der Waals surface area contributed by atoms with E-state index in [1.165, 1.54) is 6.92 Å². The second-order valence-corrected chi connectivity index (χ2v) is 10.5. The Morgan fingerprint density at radius 3 is 2.70 bits per heavy atom. The summed E-state index contributed by atoms with van der Waals surface area (Å²) in [6.07, 6.45) is 0.623. The van der Waals surface area contributed by atoms with E-state index in [0.29, 0.717) is 17.1 Å². The summed E-state index contributed by atoms with van der Waals surface area (Å²) in [6.45, 7) is 3.48. The highest BCUT2D eigenvalue weighted by atomic mass is 35.5. The van der Waals surface area contributed by atoms with Crippen molar-refractivity contribution in [3.05, 3.63) is 77.3 Å². The van der Waals surface area contributed by atoms with Crippen LogP contribution >= 0.6 is 11.6 Å². The van der Waals surface area contributed by atoms with Crippen LogP contribution in [0.15, 0.2) is 71.6 Å². The number of aromatic amines is 1. The van der Waals surface area contributed by atoms with Crippen molar-refractivity contribution < 1.29 is 13.2 Å². The first-order valence-electron chi connectivity index (χ1n) is 10.6. The van der Waals surface area contributed by atoms with Gasteiger partial charge in [-0.1, -0.05) is 23.7 Å². The van der Waals surface area contributed by atoms with Crippen LogP contribution in [0, 0.1) is 0 Å². The standard InChI is InChI=1S/C25H22ClN3O3S/c1-15-10-19-13-22(7-9-25(19)29(15)16(2)30)33(31,32)28-21-5-3-4-17(12-21)24-14-18-11-20(26)6-8-23(18)27-24/h3-9,11-15,27-28H,10H2,1-2H3. The average molecular weight is 480 g/mol. The Morgan fingerprint density at radius 1 is 1.09 bits per heavy atom. The molecule has 0 saturated carbocycles. The van der Waals surface area contributed by atoms with E-state index >= 15 is 0 Å². The molecule has 2 heterocycles. The van der Waals surface area contributed by atoms with E-state index in [2.05, 4.69) is 9.71 Å². The SMILES string of the molecule is CC(=O)N1c2ccc(S(=O)(=O)Nc3cccc(-c4cc5cc(Cl)ccc5[nH]4)c3)cc2CC1C. The summed E-state index contributed by atoms with van der Waals surface area (Å²) < 4.78 is 28.9. The molecule has 33 heavy (non-hydrogen) atoms. The number of anilines is 2. The fourth-order valence-electron chi connectivity index (χ4n) is 4.48. The molecular weight excluding hydrogens is 458 g/mol. The molecule has 1 aliphatic heterocycles. The minimum Gasteiger partial charge on any atom is -0.355 e. The highest BCUT2D eigenvalue weighted by Crippen LogP contribution is 2.34. The molecule has 1 aromatic heterocycles. The van der Waals surface area contributed by atoms with Gasteiger partial charge in [0.1, 0.15) is 0 Å². The van der Waals surface area contributed by atoms with Crippen molar-refractivity contribution in [3.8, 4) is 11.3 Å². The molecule has 3 aromatic carbocycles. The van der Waals surface area contributed by atoms with Crippen molar-refractivity contribution in [2.75, 3.05) is 9.62 Å². The minimum absolute atomic E-state index is 0.00582. The Balaban J connectivity index is 1.43. The Bertz CT molecular complexity index is 1510. The van der Waals surface area contributed by atoms with E-state index in [9.17, 15) is 13.2 Å². The van der Waals surface area contributed by atoms with Gasteiger partial charge in [0.25, 0.3) is 10.0 Å². The van der Waals surface area contributed by atoms with Gasteiger partial charge in [-0.15, -0.1) is 0 Å². The number of nitrogens with one attached hydrogen (secondary N) is 2. The summed E-state index contributed by atoms with van der Waals surface area (Å²) in [4.78, 5) is 17.2.